The standard InChI is InChI=1S/C23H22N4O2S2/c1-15-20(16(2)29-26-15)14-30-21-7-5-4-6-19(21)22(28)25-17-8-10-18(11-9-17)31-23-24-12-13-27(23)3/h4-13H,14H2,1-3H3,(H,25,28). The molecule has 0 saturated carbocycles. The summed E-state index contributed by atoms with van der Waals surface area (Å²) in [7, 11) is 1.96. The highest BCUT2D eigenvalue weighted by molar-refractivity contribution is 7.99. The van der Waals surface area contributed by atoms with E-state index in [1.54, 1.807) is 29.7 Å². The van der Waals surface area contributed by atoms with Crippen LogP contribution in [-0.4, -0.2) is 20.6 Å². The maximum absolute atomic E-state index is 12.9. The van der Waals surface area contributed by atoms with Gasteiger partial charge < -0.3 is 14.4 Å². The summed E-state index contributed by atoms with van der Waals surface area (Å²) in [5.74, 6) is 1.38. The topological polar surface area (TPSA) is 73.0 Å². The Morgan fingerprint density at radius 1 is 1.13 bits per heavy atom. The van der Waals surface area contributed by atoms with E-state index in [4.69, 9.17) is 4.52 Å². The van der Waals surface area contributed by atoms with Crippen LogP contribution in [0.25, 0.3) is 0 Å². The van der Waals surface area contributed by atoms with Crippen molar-refractivity contribution in [3.63, 3.8) is 0 Å². The molecule has 2 aromatic heterocycles. The Hall–Kier alpha value is -2.97. The van der Waals surface area contributed by atoms with Gasteiger partial charge in [-0.05, 0) is 50.2 Å². The summed E-state index contributed by atoms with van der Waals surface area (Å²) >= 11 is 3.18. The molecule has 4 aromatic rings. The fourth-order valence-electron chi connectivity index (χ4n) is 3.00. The molecule has 4 rings (SSSR count). The zero-order chi connectivity index (χ0) is 21.8. The van der Waals surface area contributed by atoms with Crippen LogP contribution < -0.4 is 5.32 Å². The molecule has 0 aliphatic carbocycles. The highest BCUT2D eigenvalue weighted by Crippen LogP contribution is 2.30. The van der Waals surface area contributed by atoms with E-state index in [0.717, 1.165) is 37.7 Å². The van der Waals surface area contributed by atoms with Gasteiger partial charge >= 0.3 is 0 Å². The molecule has 0 spiro atoms. The molecule has 0 saturated heterocycles. The van der Waals surface area contributed by atoms with Gasteiger partial charge in [0.05, 0.1) is 11.3 Å². The summed E-state index contributed by atoms with van der Waals surface area (Å²) in [6, 6.07) is 15.4. The molecule has 0 aliphatic heterocycles. The molecule has 1 amide bonds. The summed E-state index contributed by atoms with van der Waals surface area (Å²) in [6.45, 7) is 3.84. The minimum atomic E-state index is -0.133. The van der Waals surface area contributed by atoms with E-state index in [9.17, 15) is 4.79 Å². The minimum Gasteiger partial charge on any atom is -0.361 e. The molecular weight excluding hydrogens is 428 g/mol. The van der Waals surface area contributed by atoms with E-state index in [0.29, 0.717) is 11.3 Å². The third-order valence-electron chi connectivity index (χ3n) is 4.78. The number of carbonyl (C=O) groups excluding carboxylic acids is 1. The maximum Gasteiger partial charge on any atom is 0.256 e. The van der Waals surface area contributed by atoms with Crippen molar-refractivity contribution in [2.45, 2.75) is 34.5 Å². The molecule has 0 unspecified atom stereocenters. The fraction of sp³-hybridized carbons (Fsp3) is 0.174. The van der Waals surface area contributed by atoms with Crippen molar-refractivity contribution in [2.24, 2.45) is 7.05 Å². The Labute approximate surface area is 189 Å². The van der Waals surface area contributed by atoms with E-state index in [1.165, 1.54) is 0 Å². The smallest absolute Gasteiger partial charge is 0.256 e. The Balaban J connectivity index is 1.43. The molecule has 8 heteroatoms. The average molecular weight is 451 g/mol. The lowest BCUT2D eigenvalue weighted by Crippen LogP contribution is -2.12. The molecule has 2 heterocycles. The highest BCUT2D eigenvalue weighted by Gasteiger charge is 2.15. The molecule has 0 atom stereocenters. The number of thioether (sulfide) groups is 1. The van der Waals surface area contributed by atoms with Crippen molar-refractivity contribution in [3.8, 4) is 0 Å². The van der Waals surface area contributed by atoms with Gasteiger partial charge in [-0.25, -0.2) is 4.98 Å². The molecule has 0 bridgehead atoms. The number of nitrogens with zero attached hydrogens (tertiary/aromatic N) is 3. The van der Waals surface area contributed by atoms with Gasteiger partial charge in [0.1, 0.15) is 5.76 Å². The fourth-order valence-corrected chi connectivity index (χ4v) is 5.00. The Bertz CT molecular complexity index is 1180. The van der Waals surface area contributed by atoms with Gasteiger partial charge in [-0.15, -0.1) is 11.8 Å². The van der Waals surface area contributed by atoms with Crippen LogP contribution in [0.3, 0.4) is 0 Å². The molecule has 31 heavy (non-hydrogen) atoms. The number of hydrogen-bond acceptors (Lipinski definition) is 6. The summed E-state index contributed by atoms with van der Waals surface area (Å²) in [6.07, 6.45) is 3.69. The normalized spacial score (nSPS) is 10.9. The molecule has 158 valence electrons. The number of carbonyl (C=O) groups is 1. The predicted octanol–water partition coefficient (Wildman–Crippen LogP) is 5.72. The number of benzene rings is 2. The van der Waals surface area contributed by atoms with E-state index in [1.807, 2.05) is 80.2 Å². The van der Waals surface area contributed by atoms with Crippen LogP contribution in [0, 0.1) is 13.8 Å². The average Bonchev–Trinajstić information content (AvgIpc) is 3.32. The Kier molecular flexibility index (Phi) is 6.48. The highest BCUT2D eigenvalue weighted by atomic mass is 32.2. The summed E-state index contributed by atoms with van der Waals surface area (Å²) in [5.41, 5.74) is 3.35. The predicted molar refractivity (Wildman–Crippen MR) is 124 cm³/mol. The lowest BCUT2D eigenvalue weighted by atomic mass is 10.2. The first-order valence-electron chi connectivity index (χ1n) is 9.71. The van der Waals surface area contributed by atoms with Crippen molar-refractivity contribution < 1.29 is 9.32 Å². The van der Waals surface area contributed by atoms with Crippen LogP contribution in [0.1, 0.15) is 27.4 Å². The van der Waals surface area contributed by atoms with Gasteiger partial charge in [0.2, 0.25) is 0 Å². The van der Waals surface area contributed by atoms with Crippen LogP contribution in [0.15, 0.2) is 80.4 Å². The SMILES string of the molecule is Cc1noc(C)c1CSc1ccccc1C(=O)Nc1ccc(Sc2nccn2C)cc1. The van der Waals surface area contributed by atoms with Crippen LogP contribution in [0.4, 0.5) is 5.69 Å². The van der Waals surface area contributed by atoms with Gasteiger partial charge in [-0.3, -0.25) is 4.79 Å². The lowest BCUT2D eigenvalue weighted by molar-refractivity contribution is 0.102. The molecular formula is C23H22N4O2S2. The zero-order valence-corrected chi connectivity index (χ0v) is 19.1. The van der Waals surface area contributed by atoms with Gasteiger partial charge in [0.25, 0.3) is 5.91 Å². The van der Waals surface area contributed by atoms with E-state index < -0.39 is 0 Å². The van der Waals surface area contributed by atoms with Crippen molar-refractivity contribution in [1.82, 2.24) is 14.7 Å². The molecule has 2 aromatic carbocycles. The Morgan fingerprint density at radius 3 is 2.58 bits per heavy atom. The number of aryl methyl sites for hydroxylation is 3. The summed E-state index contributed by atoms with van der Waals surface area (Å²) in [4.78, 5) is 19.2. The summed E-state index contributed by atoms with van der Waals surface area (Å²) < 4.78 is 7.21. The number of amides is 1. The minimum absolute atomic E-state index is 0.133. The van der Waals surface area contributed by atoms with Gasteiger partial charge in [-0.1, -0.05) is 29.1 Å². The first-order chi connectivity index (χ1) is 15.0. The number of nitrogens with one attached hydrogen (secondary N) is 1. The van der Waals surface area contributed by atoms with Gasteiger partial charge in [0, 0.05) is 46.2 Å². The van der Waals surface area contributed by atoms with Crippen molar-refractivity contribution in [1.29, 1.82) is 0 Å². The molecule has 6 nitrogen and oxygen atoms in total. The number of rotatable bonds is 7. The van der Waals surface area contributed by atoms with Crippen LogP contribution in [0.5, 0.6) is 0 Å². The van der Waals surface area contributed by atoms with Gasteiger partial charge in [-0.2, -0.15) is 0 Å². The maximum atomic E-state index is 12.9. The molecule has 1 N–H and O–H groups in total. The molecule has 0 radical (unpaired) electrons. The zero-order valence-electron chi connectivity index (χ0n) is 17.5. The van der Waals surface area contributed by atoms with E-state index in [-0.39, 0.29) is 5.91 Å². The van der Waals surface area contributed by atoms with Crippen molar-refractivity contribution in [3.05, 3.63) is 83.5 Å². The number of anilines is 1. The second-order valence-electron chi connectivity index (χ2n) is 6.99. The second-order valence-corrected chi connectivity index (χ2v) is 9.05. The van der Waals surface area contributed by atoms with Crippen LogP contribution in [0.2, 0.25) is 0 Å². The van der Waals surface area contributed by atoms with E-state index >= 15 is 0 Å². The van der Waals surface area contributed by atoms with Crippen molar-refractivity contribution in [2.75, 3.05) is 5.32 Å². The summed E-state index contributed by atoms with van der Waals surface area (Å²) in [5, 5.41) is 7.92. The van der Waals surface area contributed by atoms with Crippen molar-refractivity contribution >= 4 is 35.1 Å². The largest absolute Gasteiger partial charge is 0.361 e. The van der Waals surface area contributed by atoms with Gasteiger partial charge in [0.15, 0.2) is 5.16 Å². The molecule has 0 aliphatic rings. The third kappa shape index (κ3) is 5.03. The number of aromatic nitrogens is 3. The number of imidazole rings is 1. The third-order valence-corrected chi connectivity index (χ3v) is 6.97. The lowest BCUT2D eigenvalue weighted by Gasteiger charge is -2.10. The Morgan fingerprint density at radius 2 is 1.90 bits per heavy atom. The second kappa shape index (κ2) is 9.45. The van der Waals surface area contributed by atoms with E-state index in [2.05, 4.69) is 15.5 Å². The monoisotopic (exact) mass is 450 g/mol. The van der Waals surface area contributed by atoms with Crippen LogP contribution in [-0.2, 0) is 12.8 Å². The molecule has 0 fully saturated rings. The quantitative estimate of drug-likeness (QED) is 0.363. The first kappa shape index (κ1) is 21.3. The van der Waals surface area contributed by atoms with Crippen LogP contribution >= 0.6 is 23.5 Å². The number of hydrogen-bond donors (Lipinski definition) is 1. The first-order valence-corrected chi connectivity index (χ1v) is 11.5.